The maximum Gasteiger partial charge on any atom is 0.268 e. The van der Waals surface area contributed by atoms with Gasteiger partial charge in [0, 0.05) is 23.7 Å². The van der Waals surface area contributed by atoms with Gasteiger partial charge >= 0.3 is 0 Å². The summed E-state index contributed by atoms with van der Waals surface area (Å²) in [6, 6.07) is 7.34. The third kappa shape index (κ3) is 3.13. The van der Waals surface area contributed by atoms with Gasteiger partial charge in [0.15, 0.2) is 0 Å². The Hall–Kier alpha value is -2.18. The van der Waals surface area contributed by atoms with E-state index in [1.54, 1.807) is 12.3 Å². The lowest BCUT2D eigenvalue weighted by Crippen LogP contribution is -2.43. The molecule has 1 aromatic heterocycles. The highest BCUT2D eigenvalue weighted by Crippen LogP contribution is 2.37. The van der Waals surface area contributed by atoms with Crippen molar-refractivity contribution in [1.82, 2.24) is 9.97 Å². The Labute approximate surface area is 138 Å². The number of primary amides is 1. The van der Waals surface area contributed by atoms with Gasteiger partial charge in [-0.25, -0.2) is 4.98 Å². The molecule has 0 aliphatic carbocycles. The molecule has 2 heterocycles. The zero-order valence-electron chi connectivity index (χ0n) is 12.4. The van der Waals surface area contributed by atoms with Crippen LogP contribution in [0.15, 0.2) is 36.7 Å². The van der Waals surface area contributed by atoms with Gasteiger partial charge in [-0.2, -0.15) is 0 Å². The first-order chi connectivity index (χ1) is 11.0. The van der Waals surface area contributed by atoms with E-state index in [1.165, 1.54) is 6.20 Å². The number of carbonyl (C=O) groups is 1. The molecule has 6 nitrogen and oxygen atoms in total. The van der Waals surface area contributed by atoms with Crippen LogP contribution in [0.1, 0.15) is 28.9 Å². The number of carbonyl (C=O) groups excluding carboxylic acids is 1. The van der Waals surface area contributed by atoms with Crippen LogP contribution in [0, 0.1) is 0 Å². The standard InChI is InChI=1S/C16H17ClN4O2/c17-12-4-2-1-3-11(12)16(23)5-7-21(8-6-16)14-10-19-9-13(20-14)15(18)22/h1-4,9-10,23H,5-8H2,(H2,18,22). The van der Waals surface area contributed by atoms with Gasteiger partial charge in [-0.3, -0.25) is 9.78 Å². The molecule has 0 unspecified atom stereocenters. The van der Waals surface area contributed by atoms with Crippen LogP contribution in [0.4, 0.5) is 5.82 Å². The number of benzene rings is 1. The average molecular weight is 333 g/mol. The summed E-state index contributed by atoms with van der Waals surface area (Å²) in [6.07, 6.45) is 3.96. The SMILES string of the molecule is NC(=O)c1cncc(N2CCC(O)(c3ccccc3Cl)CC2)n1. The minimum Gasteiger partial charge on any atom is -0.385 e. The second kappa shape index (κ2) is 6.14. The van der Waals surface area contributed by atoms with E-state index in [0.717, 1.165) is 5.56 Å². The van der Waals surface area contributed by atoms with Crippen molar-refractivity contribution in [2.75, 3.05) is 18.0 Å². The van der Waals surface area contributed by atoms with Crippen molar-refractivity contribution in [2.24, 2.45) is 5.73 Å². The van der Waals surface area contributed by atoms with E-state index in [-0.39, 0.29) is 5.69 Å². The van der Waals surface area contributed by atoms with Gasteiger partial charge in [0.05, 0.1) is 18.0 Å². The Balaban J connectivity index is 1.77. The highest BCUT2D eigenvalue weighted by atomic mass is 35.5. The Kier molecular flexibility index (Phi) is 4.19. The Bertz CT molecular complexity index is 730. The zero-order valence-corrected chi connectivity index (χ0v) is 13.2. The summed E-state index contributed by atoms with van der Waals surface area (Å²) in [6.45, 7) is 1.16. The highest BCUT2D eigenvalue weighted by molar-refractivity contribution is 6.31. The number of nitrogens with two attached hydrogens (primary N) is 1. The van der Waals surface area contributed by atoms with Crippen LogP contribution in [0.3, 0.4) is 0 Å². The number of amides is 1. The van der Waals surface area contributed by atoms with E-state index in [2.05, 4.69) is 9.97 Å². The molecule has 1 amide bonds. The number of hydrogen-bond donors (Lipinski definition) is 2. The van der Waals surface area contributed by atoms with Crippen LogP contribution < -0.4 is 10.6 Å². The molecule has 1 saturated heterocycles. The molecule has 0 saturated carbocycles. The predicted molar refractivity (Wildman–Crippen MR) is 87.3 cm³/mol. The van der Waals surface area contributed by atoms with Crippen molar-refractivity contribution < 1.29 is 9.90 Å². The van der Waals surface area contributed by atoms with Gasteiger partial charge in [-0.05, 0) is 18.9 Å². The van der Waals surface area contributed by atoms with Crippen LogP contribution in [-0.2, 0) is 5.60 Å². The summed E-state index contributed by atoms with van der Waals surface area (Å²) in [7, 11) is 0. The first-order valence-electron chi connectivity index (χ1n) is 7.34. The lowest BCUT2D eigenvalue weighted by atomic mass is 9.84. The lowest BCUT2D eigenvalue weighted by molar-refractivity contribution is 0.0117. The average Bonchev–Trinajstić information content (AvgIpc) is 2.56. The Morgan fingerprint density at radius 2 is 1.96 bits per heavy atom. The summed E-state index contributed by atoms with van der Waals surface area (Å²) < 4.78 is 0. The first-order valence-corrected chi connectivity index (χ1v) is 7.71. The van der Waals surface area contributed by atoms with Crippen molar-refractivity contribution in [3.8, 4) is 0 Å². The molecule has 23 heavy (non-hydrogen) atoms. The van der Waals surface area contributed by atoms with Gasteiger partial charge in [0.2, 0.25) is 0 Å². The van der Waals surface area contributed by atoms with Gasteiger partial charge < -0.3 is 15.7 Å². The van der Waals surface area contributed by atoms with Crippen LogP contribution >= 0.6 is 11.6 Å². The third-order valence-corrected chi connectivity index (χ3v) is 4.49. The first kappa shape index (κ1) is 15.7. The fraction of sp³-hybridized carbons (Fsp3) is 0.312. The molecule has 7 heteroatoms. The number of rotatable bonds is 3. The highest BCUT2D eigenvalue weighted by Gasteiger charge is 2.35. The van der Waals surface area contributed by atoms with Crippen molar-refractivity contribution in [3.63, 3.8) is 0 Å². The zero-order chi connectivity index (χ0) is 16.4. The van der Waals surface area contributed by atoms with E-state index >= 15 is 0 Å². The summed E-state index contributed by atoms with van der Waals surface area (Å²) in [5.41, 5.74) is 5.16. The fourth-order valence-electron chi connectivity index (χ4n) is 2.84. The Morgan fingerprint density at radius 3 is 2.61 bits per heavy atom. The van der Waals surface area contributed by atoms with Crippen LogP contribution in [-0.4, -0.2) is 34.1 Å². The number of aliphatic hydroxyl groups is 1. The van der Waals surface area contributed by atoms with Crippen LogP contribution in [0.25, 0.3) is 0 Å². The minimum absolute atomic E-state index is 0.134. The number of nitrogens with zero attached hydrogens (tertiary/aromatic N) is 3. The van der Waals surface area contributed by atoms with E-state index in [0.29, 0.717) is 36.8 Å². The molecule has 1 aliphatic rings. The quantitative estimate of drug-likeness (QED) is 0.892. The van der Waals surface area contributed by atoms with Crippen molar-refractivity contribution in [1.29, 1.82) is 0 Å². The molecular formula is C16H17ClN4O2. The van der Waals surface area contributed by atoms with Crippen molar-refractivity contribution in [2.45, 2.75) is 18.4 Å². The Morgan fingerprint density at radius 1 is 1.26 bits per heavy atom. The normalized spacial score (nSPS) is 17.0. The van der Waals surface area contributed by atoms with E-state index in [1.807, 2.05) is 23.1 Å². The topological polar surface area (TPSA) is 92.3 Å². The van der Waals surface area contributed by atoms with E-state index in [9.17, 15) is 9.90 Å². The summed E-state index contributed by atoms with van der Waals surface area (Å²) >= 11 is 6.21. The monoisotopic (exact) mass is 332 g/mol. The largest absolute Gasteiger partial charge is 0.385 e. The number of halogens is 1. The second-order valence-electron chi connectivity index (χ2n) is 5.63. The fourth-order valence-corrected chi connectivity index (χ4v) is 3.15. The molecule has 1 fully saturated rings. The van der Waals surface area contributed by atoms with Crippen molar-refractivity contribution >= 4 is 23.3 Å². The molecule has 0 bridgehead atoms. The maximum absolute atomic E-state index is 11.2. The number of hydrogen-bond acceptors (Lipinski definition) is 5. The van der Waals surface area contributed by atoms with Crippen LogP contribution in [0.5, 0.6) is 0 Å². The summed E-state index contributed by atoms with van der Waals surface area (Å²) in [5.74, 6) is -0.0218. The van der Waals surface area contributed by atoms with Crippen molar-refractivity contribution in [3.05, 3.63) is 52.9 Å². The number of anilines is 1. The van der Waals surface area contributed by atoms with Gasteiger partial charge in [-0.1, -0.05) is 29.8 Å². The molecule has 1 aliphatic heterocycles. The van der Waals surface area contributed by atoms with E-state index in [4.69, 9.17) is 17.3 Å². The predicted octanol–water partition coefficient (Wildman–Crippen LogP) is 1.72. The van der Waals surface area contributed by atoms with Gasteiger partial charge in [-0.15, -0.1) is 0 Å². The van der Waals surface area contributed by atoms with Gasteiger partial charge in [0.1, 0.15) is 11.5 Å². The molecule has 120 valence electrons. The smallest absolute Gasteiger partial charge is 0.268 e. The molecule has 0 radical (unpaired) electrons. The number of aromatic nitrogens is 2. The maximum atomic E-state index is 11.2. The number of piperidine rings is 1. The molecule has 0 atom stereocenters. The molecule has 1 aromatic carbocycles. The molecule has 2 aromatic rings. The minimum atomic E-state index is -0.955. The summed E-state index contributed by atoms with van der Waals surface area (Å²) in [5, 5.41) is 11.5. The summed E-state index contributed by atoms with van der Waals surface area (Å²) in [4.78, 5) is 21.4. The molecular weight excluding hydrogens is 316 g/mol. The molecule has 3 N–H and O–H groups in total. The van der Waals surface area contributed by atoms with E-state index < -0.39 is 11.5 Å². The van der Waals surface area contributed by atoms with Gasteiger partial charge in [0.25, 0.3) is 5.91 Å². The second-order valence-corrected chi connectivity index (χ2v) is 6.03. The van der Waals surface area contributed by atoms with Crippen LogP contribution in [0.2, 0.25) is 5.02 Å². The lowest BCUT2D eigenvalue weighted by Gasteiger charge is -2.39. The third-order valence-electron chi connectivity index (χ3n) is 4.16. The molecule has 3 rings (SSSR count). The molecule has 0 spiro atoms.